The number of para-hydroxylation sites is 1. The normalized spacial score (nSPS) is 19.2. The van der Waals surface area contributed by atoms with Gasteiger partial charge in [-0.25, -0.2) is 0 Å². The van der Waals surface area contributed by atoms with Crippen LogP contribution >= 0.6 is 0 Å². The van der Waals surface area contributed by atoms with Crippen molar-refractivity contribution < 1.29 is 10.2 Å². The minimum absolute atomic E-state index is 0.384. The van der Waals surface area contributed by atoms with Crippen molar-refractivity contribution in [2.75, 3.05) is 31.6 Å². The Morgan fingerprint density at radius 1 is 1.16 bits per heavy atom. The highest BCUT2D eigenvalue weighted by Crippen LogP contribution is 2.30. The number of nitrogens with one attached hydrogen (secondary N) is 1. The highest BCUT2D eigenvalue weighted by atomic mass is 16.3. The Labute approximate surface area is 115 Å². The third-order valence-electron chi connectivity index (χ3n) is 3.73. The van der Waals surface area contributed by atoms with Crippen LogP contribution in [0.4, 0.5) is 5.69 Å². The van der Waals surface area contributed by atoms with Gasteiger partial charge < -0.3 is 20.4 Å². The zero-order chi connectivity index (χ0) is 13.7. The molecule has 0 amide bonds. The first-order valence-corrected chi connectivity index (χ1v) is 7.08. The molecule has 1 aromatic carbocycles. The van der Waals surface area contributed by atoms with Crippen LogP contribution in [0.3, 0.4) is 0 Å². The summed E-state index contributed by atoms with van der Waals surface area (Å²) in [5, 5.41) is 23.2. The van der Waals surface area contributed by atoms with Crippen molar-refractivity contribution in [1.82, 2.24) is 5.32 Å². The van der Waals surface area contributed by atoms with E-state index < -0.39 is 12.2 Å². The van der Waals surface area contributed by atoms with Crippen LogP contribution in [0.1, 0.15) is 30.9 Å². The molecule has 1 aliphatic rings. The maximum atomic E-state index is 10.3. The molecule has 106 valence electrons. The Morgan fingerprint density at radius 2 is 1.84 bits per heavy atom. The van der Waals surface area contributed by atoms with E-state index in [1.54, 1.807) is 7.05 Å². The smallest absolute Gasteiger partial charge is 0.108 e. The lowest BCUT2D eigenvalue weighted by atomic mass is 10.00. The number of anilines is 1. The zero-order valence-electron chi connectivity index (χ0n) is 11.5. The first kappa shape index (κ1) is 14.3. The van der Waals surface area contributed by atoms with Crippen LogP contribution in [0.2, 0.25) is 0 Å². The topological polar surface area (TPSA) is 55.7 Å². The molecule has 0 aliphatic carbocycles. The summed E-state index contributed by atoms with van der Waals surface area (Å²) in [6, 6.07) is 7.85. The third kappa shape index (κ3) is 3.47. The van der Waals surface area contributed by atoms with Gasteiger partial charge in [0.1, 0.15) is 6.10 Å². The van der Waals surface area contributed by atoms with E-state index in [0.29, 0.717) is 6.54 Å². The highest BCUT2D eigenvalue weighted by Gasteiger charge is 2.23. The SMILES string of the molecule is CNCC(O)C(O)c1ccccc1N1CCCCC1. The predicted octanol–water partition coefficient (Wildman–Crippen LogP) is 1.29. The number of piperidine rings is 1. The number of hydrogen-bond donors (Lipinski definition) is 3. The molecule has 0 bridgehead atoms. The van der Waals surface area contributed by atoms with Gasteiger partial charge in [-0.05, 0) is 32.4 Å². The van der Waals surface area contributed by atoms with Crippen LogP contribution in [0.25, 0.3) is 0 Å². The molecule has 2 unspecified atom stereocenters. The Morgan fingerprint density at radius 3 is 2.53 bits per heavy atom. The van der Waals surface area contributed by atoms with Crippen LogP contribution in [0.15, 0.2) is 24.3 Å². The fraction of sp³-hybridized carbons (Fsp3) is 0.600. The average Bonchev–Trinajstić information content (AvgIpc) is 2.47. The lowest BCUT2D eigenvalue weighted by Gasteiger charge is -2.32. The second-order valence-electron chi connectivity index (χ2n) is 5.18. The van der Waals surface area contributed by atoms with Gasteiger partial charge in [0.25, 0.3) is 0 Å². The number of hydrogen-bond acceptors (Lipinski definition) is 4. The second-order valence-corrected chi connectivity index (χ2v) is 5.18. The Bertz CT molecular complexity index is 391. The lowest BCUT2D eigenvalue weighted by Crippen LogP contribution is -2.33. The van der Waals surface area contributed by atoms with E-state index >= 15 is 0 Å². The first-order valence-electron chi connectivity index (χ1n) is 7.08. The number of likely N-dealkylation sites (N-methyl/N-ethyl adjacent to an activating group) is 1. The molecule has 1 heterocycles. The molecular weight excluding hydrogens is 240 g/mol. The lowest BCUT2D eigenvalue weighted by molar-refractivity contribution is 0.0205. The standard InChI is InChI=1S/C15H24N2O2/c1-16-11-14(18)15(19)12-7-3-4-8-13(12)17-9-5-2-6-10-17/h3-4,7-8,14-16,18-19H,2,5-6,9-11H2,1H3. The van der Waals surface area contributed by atoms with E-state index in [-0.39, 0.29) is 0 Å². The number of aliphatic hydroxyl groups excluding tert-OH is 2. The molecule has 19 heavy (non-hydrogen) atoms. The van der Waals surface area contributed by atoms with Crippen molar-refractivity contribution in [3.63, 3.8) is 0 Å². The first-order chi connectivity index (χ1) is 9.24. The molecule has 0 aromatic heterocycles. The van der Waals surface area contributed by atoms with Crippen LogP contribution in [-0.2, 0) is 0 Å². The van der Waals surface area contributed by atoms with Crippen LogP contribution < -0.4 is 10.2 Å². The molecule has 1 fully saturated rings. The van der Waals surface area contributed by atoms with Crippen LogP contribution in [0.5, 0.6) is 0 Å². The molecule has 0 radical (unpaired) electrons. The fourth-order valence-electron chi connectivity index (χ4n) is 2.69. The van der Waals surface area contributed by atoms with Gasteiger partial charge in [0.05, 0.1) is 6.10 Å². The number of aliphatic hydroxyl groups is 2. The molecule has 4 heteroatoms. The monoisotopic (exact) mass is 264 g/mol. The highest BCUT2D eigenvalue weighted by molar-refractivity contribution is 5.55. The van der Waals surface area contributed by atoms with E-state index in [0.717, 1.165) is 24.3 Å². The molecule has 4 nitrogen and oxygen atoms in total. The van der Waals surface area contributed by atoms with Crippen LogP contribution in [0, 0.1) is 0 Å². The summed E-state index contributed by atoms with van der Waals surface area (Å²) in [4.78, 5) is 2.31. The van der Waals surface area contributed by atoms with E-state index in [2.05, 4.69) is 10.2 Å². The Kier molecular flexibility index (Phi) is 5.19. The van der Waals surface area contributed by atoms with Gasteiger partial charge in [0, 0.05) is 30.9 Å². The maximum Gasteiger partial charge on any atom is 0.108 e. The zero-order valence-corrected chi connectivity index (χ0v) is 11.5. The number of nitrogens with zero attached hydrogens (tertiary/aromatic N) is 1. The second kappa shape index (κ2) is 6.89. The molecule has 3 N–H and O–H groups in total. The van der Waals surface area contributed by atoms with Gasteiger partial charge in [-0.15, -0.1) is 0 Å². The largest absolute Gasteiger partial charge is 0.389 e. The maximum absolute atomic E-state index is 10.3. The molecule has 0 spiro atoms. The van der Waals surface area contributed by atoms with E-state index in [9.17, 15) is 10.2 Å². The van der Waals surface area contributed by atoms with Crippen molar-refractivity contribution in [2.24, 2.45) is 0 Å². The van der Waals surface area contributed by atoms with Gasteiger partial charge in [-0.3, -0.25) is 0 Å². The van der Waals surface area contributed by atoms with Gasteiger partial charge in [0.2, 0.25) is 0 Å². The Hall–Kier alpha value is -1.10. The van der Waals surface area contributed by atoms with E-state index in [1.807, 2.05) is 24.3 Å². The summed E-state index contributed by atoms with van der Waals surface area (Å²) in [5.74, 6) is 0. The van der Waals surface area contributed by atoms with Gasteiger partial charge in [-0.1, -0.05) is 18.2 Å². The Balaban J connectivity index is 2.19. The molecule has 2 atom stereocenters. The summed E-state index contributed by atoms with van der Waals surface area (Å²) in [6.07, 6.45) is 2.05. The summed E-state index contributed by atoms with van der Waals surface area (Å²) >= 11 is 0. The molecule has 1 saturated heterocycles. The van der Waals surface area contributed by atoms with Crippen molar-refractivity contribution in [3.05, 3.63) is 29.8 Å². The van der Waals surface area contributed by atoms with Crippen LogP contribution in [-0.4, -0.2) is 43.0 Å². The molecule has 1 aromatic rings. The molecule has 2 rings (SSSR count). The number of benzene rings is 1. The predicted molar refractivity (Wildman–Crippen MR) is 77.4 cm³/mol. The van der Waals surface area contributed by atoms with Gasteiger partial charge in [-0.2, -0.15) is 0 Å². The van der Waals surface area contributed by atoms with Crippen molar-refractivity contribution in [2.45, 2.75) is 31.5 Å². The number of rotatable bonds is 5. The minimum atomic E-state index is -0.842. The summed E-state index contributed by atoms with van der Waals surface area (Å²) < 4.78 is 0. The quantitative estimate of drug-likeness (QED) is 0.750. The molecule has 1 aliphatic heterocycles. The van der Waals surface area contributed by atoms with Gasteiger partial charge in [0.15, 0.2) is 0 Å². The molecule has 0 saturated carbocycles. The van der Waals surface area contributed by atoms with Crippen molar-refractivity contribution in [3.8, 4) is 0 Å². The summed E-state index contributed by atoms with van der Waals surface area (Å²) in [7, 11) is 1.77. The molecular formula is C15H24N2O2. The third-order valence-corrected chi connectivity index (χ3v) is 3.73. The fourth-order valence-corrected chi connectivity index (χ4v) is 2.69. The summed E-state index contributed by atoms with van der Waals surface area (Å²) in [5.41, 5.74) is 1.89. The van der Waals surface area contributed by atoms with E-state index in [1.165, 1.54) is 19.3 Å². The average molecular weight is 264 g/mol. The van der Waals surface area contributed by atoms with Crippen molar-refractivity contribution >= 4 is 5.69 Å². The van der Waals surface area contributed by atoms with Gasteiger partial charge >= 0.3 is 0 Å². The van der Waals surface area contributed by atoms with E-state index in [4.69, 9.17) is 0 Å². The van der Waals surface area contributed by atoms with Crippen molar-refractivity contribution in [1.29, 1.82) is 0 Å². The minimum Gasteiger partial charge on any atom is -0.389 e. The summed E-state index contributed by atoms with van der Waals surface area (Å²) in [6.45, 7) is 2.45.